The zero-order chi connectivity index (χ0) is 24.8. The van der Waals surface area contributed by atoms with Crippen LogP contribution in [0.5, 0.6) is 5.75 Å². The van der Waals surface area contributed by atoms with Gasteiger partial charge in [0.15, 0.2) is 0 Å². The van der Waals surface area contributed by atoms with Crippen molar-refractivity contribution in [2.75, 3.05) is 63.1 Å². The highest BCUT2D eigenvalue weighted by molar-refractivity contribution is 6.30. The van der Waals surface area contributed by atoms with Crippen molar-refractivity contribution in [2.45, 2.75) is 12.5 Å². The molecule has 2 heterocycles. The molecule has 4 rings (SSSR count). The Morgan fingerprint density at radius 2 is 1.77 bits per heavy atom. The quantitative estimate of drug-likeness (QED) is 0.603. The third-order valence-corrected chi connectivity index (χ3v) is 6.57. The van der Waals surface area contributed by atoms with Crippen LogP contribution in [0.15, 0.2) is 48.5 Å². The fourth-order valence-corrected chi connectivity index (χ4v) is 4.58. The van der Waals surface area contributed by atoms with Crippen LogP contribution in [-0.4, -0.2) is 86.5 Å². The summed E-state index contributed by atoms with van der Waals surface area (Å²) in [6.45, 7) is 3.92. The third kappa shape index (κ3) is 6.23. The monoisotopic (exact) mass is 499 g/mol. The van der Waals surface area contributed by atoms with E-state index in [2.05, 4.69) is 20.4 Å². The van der Waals surface area contributed by atoms with Crippen LogP contribution in [0.25, 0.3) is 0 Å². The second-order valence-corrected chi connectivity index (χ2v) is 9.02. The molecule has 2 aliphatic heterocycles. The van der Waals surface area contributed by atoms with Gasteiger partial charge in [-0.15, -0.1) is 0 Å². The van der Waals surface area contributed by atoms with Crippen molar-refractivity contribution >= 4 is 40.7 Å². The summed E-state index contributed by atoms with van der Waals surface area (Å²) in [6, 6.07) is 13.8. The van der Waals surface area contributed by atoms with Crippen molar-refractivity contribution in [1.29, 1.82) is 0 Å². The van der Waals surface area contributed by atoms with Crippen LogP contribution in [0, 0.1) is 0 Å². The zero-order valence-corrected chi connectivity index (χ0v) is 20.5. The molecule has 1 unspecified atom stereocenters. The van der Waals surface area contributed by atoms with E-state index in [0.29, 0.717) is 36.9 Å². The Morgan fingerprint density at radius 1 is 1.06 bits per heavy atom. The van der Waals surface area contributed by atoms with E-state index in [1.54, 1.807) is 31.4 Å². The Morgan fingerprint density at radius 3 is 2.49 bits per heavy atom. The molecule has 0 bridgehead atoms. The number of rotatable bonds is 7. The minimum absolute atomic E-state index is 0.109. The summed E-state index contributed by atoms with van der Waals surface area (Å²) in [6.07, 6.45) is -0.109. The summed E-state index contributed by atoms with van der Waals surface area (Å²) in [5, 5.41) is 6.10. The Bertz CT molecular complexity index is 1060. The Labute approximate surface area is 210 Å². The summed E-state index contributed by atoms with van der Waals surface area (Å²) in [5.74, 6) is 0.0420. The van der Waals surface area contributed by atoms with Crippen LogP contribution in [0.1, 0.15) is 6.42 Å². The van der Waals surface area contributed by atoms with Crippen molar-refractivity contribution in [2.24, 2.45) is 0 Å². The molecule has 1 atom stereocenters. The lowest BCUT2D eigenvalue weighted by Gasteiger charge is -2.39. The van der Waals surface area contributed by atoms with Gasteiger partial charge in [-0.3, -0.25) is 19.3 Å². The molecule has 2 aromatic carbocycles. The van der Waals surface area contributed by atoms with E-state index < -0.39 is 6.04 Å². The first kappa shape index (κ1) is 24.8. The van der Waals surface area contributed by atoms with E-state index in [0.717, 1.165) is 24.5 Å². The molecule has 0 saturated carbocycles. The number of nitrogens with zero attached hydrogens (tertiary/aromatic N) is 3. The number of carbonyl (C=O) groups is 3. The van der Waals surface area contributed by atoms with Crippen LogP contribution >= 0.6 is 11.6 Å². The number of methoxy groups -OCH3 is 1. The van der Waals surface area contributed by atoms with Gasteiger partial charge < -0.3 is 25.2 Å². The molecule has 0 radical (unpaired) electrons. The van der Waals surface area contributed by atoms with Gasteiger partial charge in [0.25, 0.3) is 0 Å². The average Bonchev–Trinajstić information content (AvgIpc) is 2.87. The number of nitrogens with one attached hydrogen (secondary N) is 2. The molecular formula is C25H30ClN5O4. The lowest BCUT2D eigenvalue weighted by atomic mass is 10.1. The van der Waals surface area contributed by atoms with Crippen LogP contribution < -0.4 is 20.3 Å². The van der Waals surface area contributed by atoms with Gasteiger partial charge in [-0.2, -0.15) is 0 Å². The molecule has 2 N–H and O–H groups in total. The van der Waals surface area contributed by atoms with E-state index in [-0.39, 0.29) is 30.7 Å². The molecule has 3 amide bonds. The Kier molecular flexibility index (Phi) is 8.09. The predicted octanol–water partition coefficient (Wildman–Crippen LogP) is 1.83. The lowest BCUT2D eigenvalue weighted by Crippen LogP contribution is -2.60. The molecule has 35 heavy (non-hydrogen) atoms. The Hall–Kier alpha value is -3.30. The van der Waals surface area contributed by atoms with Crippen molar-refractivity contribution in [3.63, 3.8) is 0 Å². The van der Waals surface area contributed by atoms with Gasteiger partial charge in [0.05, 0.1) is 25.8 Å². The first-order valence-corrected chi connectivity index (χ1v) is 12.1. The Balaban J connectivity index is 1.33. The average molecular weight is 500 g/mol. The van der Waals surface area contributed by atoms with Crippen molar-refractivity contribution in [3.8, 4) is 5.75 Å². The minimum atomic E-state index is -0.835. The maximum atomic E-state index is 13.2. The van der Waals surface area contributed by atoms with Gasteiger partial charge in [0.2, 0.25) is 17.7 Å². The molecule has 0 aromatic heterocycles. The van der Waals surface area contributed by atoms with E-state index in [9.17, 15) is 14.4 Å². The molecule has 2 aromatic rings. The predicted molar refractivity (Wildman–Crippen MR) is 135 cm³/mol. The topological polar surface area (TPSA) is 94.2 Å². The van der Waals surface area contributed by atoms with Crippen LogP contribution in [0.2, 0.25) is 5.02 Å². The molecular weight excluding hydrogens is 470 g/mol. The standard InChI is InChI=1S/C25H30ClN5O4/c1-35-22-5-3-2-4-20(22)30-14-12-29(13-15-30)17-24(33)31-11-10-27-25(34)21(31)16-23(32)28-19-8-6-18(26)7-9-19/h2-9,21H,10-17H2,1H3,(H,27,34)(H,28,32). The SMILES string of the molecule is COc1ccccc1N1CCN(CC(=O)N2CCNC(=O)C2CC(=O)Nc2ccc(Cl)cc2)CC1. The molecule has 186 valence electrons. The van der Waals surface area contributed by atoms with E-state index in [1.807, 2.05) is 24.3 Å². The summed E-state index contributed by atoms with van der Waals surface area (Å²) in [7, 11) is 1.66. The normalized spacial score (nSPS) is 18.7. The van der Waals surface area contributed by atoms with Gasteiger partial charge in [-0.25, -0.2) is 0 Å². The molecule has 9 nitrogen and oxygen atoms in total. The smallest absolute Gasteiger partial charge is 0.243 e. The van der Waals surface area contributed by atoms with Crippen LogP contribution in [0.3, 0.4) is 0 Å². The second kappa shape index (κ2) is 11.4. The largest absolute Gasteiger partial charge is 0.495 e. The highest BCUT2D eigenvalue weighted by atomic mass is 35.5. The molecule has 2 fully saturated rings. The van der Waals surface area contributed by atoms with Crippen molar-refractivity contribution in [3.05, 3.63) is 53.6 Å². The van der Waals surface area contributed by atoms with Crippen LogP contribution in [-0.2, 0) is 14.4 Å². The summed E-state index contributed by atoms with van der Waals surface area (Å²) in [4.78, 5) is 44.2. The zero-order valence-electron chi connectivity index (χ0n) is 19.7. The number of para-hydroxylation sites is 2. The van der Waals surface area contributed by atoms with Crippen molar-refractivity contribution in [1.82, 2.24) is 15.1 Å². The van der Waals surface area contributed by atoms with E-state index in [1.165, 1.54) is 4.90 Å². The highest BCUT2D eigenvalue weighted by Crippen LogP contribution is 2.28. The van der Waals surface area contributed by atoms with Gasteiger partial charge in [0.1, 0.15) is 11.8 Å². The first-order valence-electron chi connectivity index (χ1n) is 11.7. The van der Waals surface area contributed by atoms with Gasteiger partial charge >= 0.3 is 0 Å². The van der Waals surface area contributed by atoms with E-state index >= 15 is 0 Å². The summed E-state index contributed by atoms with van der Waals surface area (Å²) < 4.78 is 5.47. The number of hydrogen-bond donors (Lipinski definition) is 2. The molecule has 10 heteroatoms. The first-order chi connectivity index (χ1) is 16.9. The molecule has 0 aliphatic carbocycles. The number of piperazine rings is 2. The number of halogens is 1. The number of hydrogen-bond acceptors (Lipinski definition) is 6. The number of amides is 3. The summed E-state index contributed by atoms with van der Waals surface area (Å²) >= 11 is 5.89. The fraction of sp³-hybridized carbons (Fsp3) is 0.400. The third-order valence-electron chi connectivity index (χ3n) is 6.31. The minimum Gasteiger partial charge on any atom is -0.495 e. The van der Waals surface area contributed by atoms with Gasteiger partial charge in [0, 0.05) is 50.0 Å². The molecule has 0 spiro atoms. The number of carbonyl (C=O) groups excluding carboxylic acids is 3. The highest BCUT2D eigenvalue weighted by Gasteiger charge is 2.35. The maximum Gasteiger partial charge on any atom is 0.243 e. The second-order valence-electron chi connectivity index (χ2n) is 8.59. The van der Waals surface area contributed by atoms with Crippen molar-refractivity contribution < 1.29 is 19.1 Å². The molecule has 2 saturated heterocycles. The fourth-order valence-electron chi connectivity index (χ4n) is 4.46. The molecule has 2 aliphatic rings. The number of ether oxygens (including phenoxy) is 1. The lowest BCUT2D eigenvalue weighted by molar-refractivity contribution is -0.145. The maximum absolute atomic E-state index is 13.2. The number of benzene rings is 2. The van der Waals surface area contributed by atoms with Crippen LogP contribution in [0.4, 0.5) is 11.4 Å². The van der Waals surface area contributed by atoms with Gasteiger partial charge in [-0.05, 0) is 36.4 Å². The van der Waals surface area contributed by atoms with Gasteiger partial charge in [-0.1, -0.05) is 23.7 Å². The number of anilines is 2. The summed E-state index contributed by atoms with van der Waals surface area (Å²) in [5.41, 5.74) is 1.63. The van der Waals surface area contributed by atoms with E-state index in [4.69, 9.17) is 16.3 Å².